The van der Waals surface area contributed by atoms with Crippen molar-refractivity contribution in [3.63, 3.8) is 0 Å². The predicted octanol–water partition coefficient (Wildman–Crippen LogP) is 2.66. The number of hydrogen-bond donors (Lipinski definition) is 1. The van der Waals surface area contributed by atoms with Gasteiger partial charge >= 0.3 is 6.09 Å². The molecule has 1 aromatic rings. The summed E-state index contributed by atoms with van der Waals surface area (Å²) in [6.07, 6.45) is -0.734. The fourth-order valence-corrected chi connectivity index (χ4v) is 1.49. The van der Waals surface area contributed by atoms with E-state index in [1.165, 1.54) is 0 Å². The van der Waals surface area contributed by atoms with Crippen LogP contribution in [0.4, 0.5) is 4.79 Å². The molecular formula is C12H17NO2. The number of nitrogens with two attached hydrogens (primary N) is 1. The maximum absolute atomic E-state index is 10.8. The van der Waals surface area contributed by atoms with Crippen LogP contribution in [0, 0.1) is 0 Å². The minimum absolute atomic E-state index is 0.103. The first-order valence-electron chi connectivity index (χ1n) is 4.97. The molecule has 0 aliphatic rings. The van der Waals surface area contributed by atoms with Gasteiger partial charge in [-0.15, -0.1) is 0 Å². The third kappa shape index (κ3) is 2.98. The zero-order valence-electron chi connectivity index (χ0n) is 9.36. The molecule has 1 rings (SSSR count). The lowest BCUT2D eigenvalue weighted by Gasteiger charge is -2.31. The molecule has 0 aliphatic heterocycles. The first-order chi connectivity index (χ1) is 6.93. The number of ether oxygens (including phenoxy) is 1. The molecule has 1 amide bonds. The molecule has 15 heavy (non-hydrogen) atoms. The van der Waals surface area contributed by atoms with Gasteiger partial charge in [0, 0.05) is 5.92 Å². The first kappa shape index (κ1) is 11.6. The average molecular weight is 207 g/mol. The Hall–Kier alpha value is -1.51. The first-order valence-corrected chi connectivity index (χ1v) is 4.97. The van der Waals surface area contributed by atoms with Crippen LogP contribution in [0.1, 0.15) is 32.3 Å². The molecule has 0 aliphatic carbocycles. The van der Waals surface area contributed by atoms with Crippen LogP contribution in [0.5, 0.6) is 0 Å². The average Bonchev–Trinajstić information content (AvgIpc) is 2.16. The van der Waals surface area contributed by atoms with Crippen molar-refractivity contribution < 1.29 is 9.53 Å². The summed E-state index contributed by atoms with van der Waals surface area (Å²) in [7, 11) is 0. The van der Waals surface area contributed by atoms with Crippen LogP contribution in [0.15, 0.2) is 30.3 Å². The summed E-state index contributed by atoms with van der Waals surface area (Å²) in [6.45, 7) is 5.73. The molecule has 3 nitrogen and oxygen atoms in total. The van der Waals surface area contributed by atoms with Gasteiger partial charge in [-0.25, -0.2) is 4.79 Å². The third-order valence-electron chi connectivity index (χ3n) is 2.71. The second-order valence-corrected chi connectivity index (χ2v) is 4.16. The molecular weight excluding hydrogens is 190 g/mol. The lowest BCUT2D eigenvalue weighted by molar-refractivity contribution is 0.0281. The van der Waals surface area contributed by atoms with Crippen molar-refractivity contribution in [1.82, 2.24) is 0 Å². The van der Waals surface area contributed by atoms with E-state index in [4.69, 9.17) is 10.5 Å². The van der Waals surface area contributed by atoms with Gasteiger partial charge in [0.2, 0.25) is 0 Å². The van der Waals surface area contributed by atoms with Crippen LogP contribution in [-0.2, 0) is 4.74 Å². The molecule has 0 heterocycles. The van der Waals surface area contributed by atoms with E-state index in [-0.39, 0.29) is 5.92 Å². The number of amides is 1. The molecule has 1 aromatic carbocycles. The van der Waals surface area contributed by atoms with Crippen molar-refractivity contribution in [2.45, 2.75) is 32.3 Å². The van der Waals surface area contributed by atoms with Gasteiger partial charge in [0.15, 0.2) is 0 Å². The summed E-state index contributed by atoms with van der Waals surface area (Å²) in [5, 5.41) is 0. The molecule has 1 atom stereocenters. The largest absolute Gasteiger partial charge is 0.443 e. The van der Waals surface area contributed by atoms with E-state index in [1.807, 2.05) is 51.1 Å². The van der Waals surface area contributed by atoms with Gasteiger partial charge in [-0.2, -0.15) is 0 Å². The monoisotopic (exact) mass is 207 g/mol. The van der Waals surface area contributed by atoms with Crippen LogP contribution < -0.4 is 5.73 Å². The van der Waals surface area contributed by atoms with Crippen LogP contribution in [0.2, 0.25) is 0 Å². The molecule has 0 saturated heterocycles. The Balaban J connectivity index is 2.84. The highest BCUT2D eigenvalue weighted by Crippen LogP contribution is 2.30. The quantitative estimate of drug-likeness (QED) is 0.828. The highest BCUT2D eigenvalue weighted by Gasteiger charge is 2.30. The second kappa shape index (κ2) is 4.34. The van der Waals surface area contributed by atoms with Crippen molar-refractivity contribution in [1.29, 1.82) is 0 Å². The number of benzene rings is 1. The fourth-order valence-electron chi connectivity index (χ4n) is 1.49. The molecule has 0 aromatic heterocycles. The molecule has 0 bridgehead atoms. The van der Waals surface area contributed by atoms with E-state index in [0.717, 1.165) is 5.56 Å². The van der Waals surface area contributed by atoms with E-state index in [1.54, 1.807) is 0 Å². The highest BCUT2D eigenvalue weighted by molar-refractivity contribution is 5.65. The van der Waals surface area contributed by atoms with Crippen LogP contribution in [0.3, 0.4) is 0 Å². The molecule has 0 spiro atoms. The summed E-state index contributed by atoms with van der Waals surface area (Å²) in [4.78, 5) is 10.8. The normalized spacial score (nSPS) is 13.3. The van der Waals surface area contributed by atoms with Crippen molar-refractivity contribution in [2.75, 3.05) is 0 Å². The number of carbonyl (C=O) groups is 1. The Morgan fingerprint density at radius 1 is 1.33 bits per heavy atom. The molecule has 3 heteroatoms. The van der Waals surface area contributed by atoms with Crippen molar-refractivity contribution in [2.24, 2.45) is 5.73 Å². The Morgan fingerprint density at radius 2 is 1.87 bits per heavy atom. The topological polar surface area (TPSA) is 52.3 Å². The van der Waals surface area contributed by atoms with Gasteiger partial charge in [0.1, 0.15) is 5.60 Å². The maximum atomic E-state index is 10.8. The number of carbonyl (C=O) groups excluding carboxylic acids is 1. The van der Waals surface area contributed by atoms with Gasteiger partial charge in [-0.1, -0.05) is 37.3 Å². The zero-order valence-corrected chi connectivity index (χ0v) is 9.36. The Bertz CT molecular complexity index is 333. The minimum Gasteiger partial charge on any atom is -0.443 e. The van der Waals surface area contributed by atoms with Gasteiger partial charge in [-0.05, 0) is 19.4 Å². The standard InChI is InChI=1S/C12H17NO2/c1-9(10-7-5-4-6-8-10)12(2,3)15-11(13)14/h4-9H,1-3H3,(H2,13,14). The lowest BCUT2D eigenvalue weighted by atomic mass is 9.86. The summed E-state index contributed by atoms with van der Waals surface area (Å²) in [5.41, 5.74) is 5.57. The SMILES string of the molecule is CC(c1ccccc1)C(C)(C)OC(N)=O. The summed E-state index contributed by atoms with van der Waals surface area (Å²) in [5.74, 6) is 0.103. The molecule has 2 N–H and O–H groups in total. The van der Waals surface area contributed by atoms with E-state index < -0.39 is 11.7 Å². The van der Waals surface area contributed by atoms with Gasteiger partial charge in [0.25, 0.3) is 0 Å². The Morgan fingerprint density at radius 3 is 2.33 bits per heavy atom. The fraction of sp³-hybridized carbons (Fsp3) is 0.417. The molecule has 0 radical (unpaired) electrons. The highest BCUT2D eigenvalue weighted by atomic mass is 16.6. The Kier molecular flexibility index (Phi) is 3.35. The third-order valence-corrected chi connectivity index (χ3v) is 2.71. The van der Waals surface area contributed by atoms with Gasteiger partial charge in [0.05, 0.1) is 0 Å². The second-order valence-electron chi connectivity index (χ2n) is 4.16. The molecule has 0 saturated carbocycles. The predicted molar refractivity (Wildman–Crippen MR) is 59.6 cm³/mol. The summed E-state index contributed by atoms with van der Waals surface area (Å²) >= 11 is 0. The van der Waals surface area contributed by atoms with Gasteiger partial charge in [-0.3, -0.25) is 0 Å². The van der Waals surface area contributed by atoms with Gasteiger partial charge < -0.3 is 10.5 Å². The molecule has 1 unspecified atom stereocenters. The van der Waals surface area contributed by atoms with Crippen molar-refractivity contribution >= 4 is 6.09 Å². The van der Waals surface area contributed by atoms with E-state index in [9.17, 15) is 4.79 Å². The van der Waals surface area contributed by atoms with Crippen LogP contribution in [-0.4, -0.2) is 11.7 Å². The smallest absolute Gasteiger partial charge is 0.405 e. The lowest BCUT2D eigenvalue weighted by Crippen LogP contribution is -2.35. The van der Waals surface area contributed by atoms with Crippen molar-refractivity contribution in [3.8, 4) is 0 Å². The van der Waals surface area contributed by atoms with Crippen LogP contribution >= 0.6 is 0 Å². The number of primary amides is 1. The summed E-state index contributed by atoms with van der Waals surface area (Å²) in [6, 6.07) is 9.91. The van der Waals surface area contributed by atoms with E-state index >= 15 is 0 Å². The minimum atomic E-state index is -0.734. The summed E-state index contributed by atoms with van der Waals surface area (Å²) < 4.78 is 5.09. The number of rotatable bonds is 3. The van der Waals surface area contributed by atoms with Crippen LogP contribution in [0.25, 0.3) is 0 Å². The maximum Gasteiger partial charge on any atom is 0.405 e. The van der Waals surface area contributed by atoms with Crippen molar-refractivity contribution in [3.05, 3.63) is 35.9 Å². The number of hydrogen-bond acceptors (Lipinski definition) is 2. The van der Waals surface area contributed by atoms with E-state index in [2.05, 4.69) is 0 Å². The van der Waals surface area contributed by atoms with E-state index in [0.29, 0.717) is 0 Å². The molecule has 0 fully saturated rings. The zero-order chi connectivity index (χ0) is 11.5. The Labute approximate surface area is 90.2 Å². The molecule has 82 valence electrons.